The van der Waals surface area contributed by atoms with Crippen LogP contribution in [-0.2, 0) is 7.05 Å². The molecule has 0 radical (unpaired) electrons. The normalized spacial score (nSPS) is 10.6. The van der Waals surface area contributed by atoms with Crippen LogP contribution in [0.25, 0.3) is 10.9 Å². The fraction of sp³-hybridized carbons (Fsp3) is 0.143. The number of carbonyl (C=O) groups is 2. The SMILES string of the molecule is Cc1nnsc1C(=O)NNC(=O)c1cn(C)c2ccccc12. The highest BCUT2D eigenvalue weighted by atomic mass is 32.1. The Kier molecular flexibility index (Phi) is 3.60. The molecular weight excluding hydrogens is 302 g/mol. The number of hydrogen-bond donors (Lipinski definition) is 2. The minimum Gasteiger partial charge on any atom is -0.350 e. The zero-order valence-corrected chi connectivity index (χ0v) is 12.8. The van der Waals surface area contributed by atoms with Gasteiger partial charge < -0.3 is 4.57 Å². The summed E-state index contributed by atoms with van der Waals surface area (Å²) in [5.74, 6) is -0.804. The van der Waals surface area contributed by atoms with Gasteiger partial charge in [0.25, 0.3) is 11.8 Å². The predicted molar refractivity (Wildman–Crippen MR) is 82.5 cm³/mol. The molecule has 22 heavy (non-hydrogen) atoms. The Labute approximate surface area is 130 Å². The van der Waals surface area contributed by atoms with Crippen molar-refractivity contribution in [3.8, 4) is 0 Å². The average molecular weight is 315 g/mol. The lowest BCUT2D eigenvalue weighted by Crippen LogP contribution is -2.41. The van der Waals surface area contributed by atoms with Gasteiger partial charge in [0.1, 0.15) is 4.88 Å². The summed E-state index contributed by atoms with van der Waals surface area (Å²) in [6, 6.07) is 7.57. The molecule has 0 aliphatic carbocycles. The molecule has 2 heterocycles. The Morgan fingerprint density at radius 2 is 1.91 bits per heavy atom. The van der Waals surface area contributed by atoms with Crippen LogP contribution < -0.4 is 10.9 Å². The zero-order valence-electron chi connectivity index (χ0n) is 12.0. The molecule has 0 aliphatic rings. The van der Waals surface area contributed by atoms with Crippen molar-refractivity contribution in [1.29, 1.82) is 0 Å². The van der Waals surface area contributed by atoms with Gasteiger partial charge in [-0.05, 0) is 24.5 Å². The molecule has 0 unspecified atom stereocenters. The van der Waals surface area contributed by atoms with Crippen LogP contribution in [0.5, 0.6) is 0 Å². The molecule has 112 valence electrons. The van der Waals surface area contributed by atoms with Crippen molar-refractivity contribution in [2.24, 2.45) is 7.05 Å². The molecule has 2 amide bonds. The van der Waals surface area contributed by atoms with E-state index >= 15 is 0 Å². The highest BCUT2D eigenvalue weighted by Gasteiger charge is 2.16. The number of rotatable bonds is 2. The summed E-state index contributed by atoms with van der Waals surface area (Å²) in [6.07, 6.45) is 1.73. The van der Waals surface area contributed by atoms with Crippen molar-refractivity contribution < 1.29 is 9.59 Å². The monoisotopic (exact) mass is 315 g/mol. The second-order valence-electron chi connectivity index (χ2n) is 4.77. The molecule has 1 aromatic carbocycles. The molecule has 2 N–H and O–H groups in total. The summed E-state index contributed by atoms with van der Waals surface area (Å²) < 4.78 is 5.55. The van der Waals surface area contributed by atoms with Gasteiger partial charge in [0, 0.05) is 24.1 Å². The number of para-hydroxylation sites is 1. The topological polar surface area (TPSA) is 88.9 Å². The Balaban J connectivity index is 1.77. The van der Waals surface area contributed by atoms with Crippen molar-refractivity contribution in [2.45, 2.75) is 6.92 Å². The molecule has 0 aliphatic heterocycles. The van der Waals surface area contributed by atoms with Gasteiger partial charge in [0.15, 0.2) is 0 Å². The number of aryl methyl sites for hydroxylation is 2. The second kappa shape index (κ2) is 5.57. The maximum atomic E-state index is 12.3. The van der Waals surface area contributed by atoms with Crippen LogP contribution in [0.1, 0.15) is 25.7 Å². The number of amides is 2. The van der Waals surface area contributed by atoms with Gasteiger partial charge in [-0.1, -0.05) is 22.7 Å². The summed E-state index contributed by atoms with van der Waals surface area (Å²) in [7, 11) is 1.87. The predicted octanol–water partition coefficient (Wildman–Crippen LogP) is 1.41. The summed E-state index contributed by atoms with van der Waals surface area (Å²) in [5.41, 5.74) is 6.77. The highest BCUT2D eigenvalue weighted by Crippen LogP contribution is 2.19. The lowest BCUT2D eigenvalue weighted by atomic mass is 10.2. The maximum Gasteiger partial charge on any atom is 0.283 e. The number of hydrazine groups is 1. The fourth-order valence-corrected chi connectivity index (χ4v) is 2.75. The first kappa shape index (κ1) is 14.2. The molecule has 0 fully saturated rings. The molecule has 0 atom stereocenters. The summed E-state index contributed by atoms with van der Waals surface area (Å²) >= 11 is 0.983. The van der Waals surface area contributed by atoms with Gasteiger partial charge in [-0.15, -0.1) is 5.10 Å². The first-order valence-electron chi connectivity index (χ1n) is 6.51. The molecule has 0 bridgehead atoms. The van der Waals surface area contributed by atoms with Gasteiger partial charge in [-0.25, -0.2) is 0 Å². The van der Waals surface area contributed by atoms with E-state index in [0.717, 1.165) is 22.4 Å². The quantitative estimate of drug-likeness (QED) is 0.700. The van der Waals surface area contributed by atoms with Crippen LogP contribution in [0.4, 0.5) is 0 Å². The van der Waals surface area contributed by atoms with Crippen LogP contribution in [0.15, 0.2) is 30.5 Å². The van der Waals surface area contributed by atoms with E-state index < -0.39 is 5.91 Å². The van der Waals surface area contributed by atoms with E-state index in [4.69, 9.17) is 0 Å². The van der Waals surface area contributed by atoms with E-state index in [0.29, 0.717) is 16.1 Å². The van der Waals surface area contributed by atoms with Gasteiger partial charge in [0.2, 0.25) is 0 Å². The van der Waals surface area contributed by atoms with Crippen molar-refractivity contribution in [1.82, 2.24) is 25.0 Å². The first-order valence-corrected chi connectivity index (χ1v) is 7.29. The molecule has 0 saturated heterocycles. The Hall–Kier alpha value is -2.74. The number of nitrogens with zero attached hydrogens (tertiary/aromatic N) is 3. The van der Waals surface area contributed by atoms with Gasteiger partial charge >= 0.3 is 0 Å². The van der Waals surface area contributed by atoms with E-state index in [9.17, 15) is 9.59 Å². The third-order valence-corrected chi connectivity index (χ3v) is 4.12. The maximum absolute atomic E-state index is 12.3. The largest absolute Gasteiger partial charge is 0.350 e. The van der Waals surface area contributed by atoms with E-state index in [2.05, 4.69) is 20.4 Å². The van der Waals surface area contributed by atoms with Crippen LogP contribution in [0, 0.1) is 6.92 Å². The van der Waals surface area contributed by atoms with Crippen molar-refractivity contribution >= 4 is 34.2 Å². The molecule has 7 nitrogen and oxygen atoms in total. The van der Waals surface area contributed by atoms with E-state index in [1.807, 2.05) is 35.9 Å². The van der Waals surface area contributed by atoms with E-state index in [1.165, 1.54) is 0 Å². The highest BCUT2D eigenvalue weighted by molar-refractivity contribution is 7.07. The third kappa shape index (κ3) is 2.44. The number of hydrogen-bond acceptors (Lipinski definition) is 5. The zero-order chi connectivity index (χ0) is 15.7. The van der Waals surface area contributed by atoms with E-state index in [-0.39, 0.29) is 5.91 Å². The molecule has 0 saturated carbocycles. The fourth-order valence-electron chi connectivity index (χ4n) is 2.20. The lowest BCUT2D eigenvalue weighted by molar-refractivity contribution is 0.0849. The average Bonchev–Trinajstić information content (AvgIpc) is 3.09. The number of fused-ring (bicyclic) bond motifs is 1. The van der Waals surface area contributed by atoms with E-state index in [1.54, 1.807) is 13.1 Å². The van der Waals surface area contributed by atoms with Crippen molar-refractivity contribution in [3.05, 3.63) is 46.6 Å². The molecule has 0 spiro atoms. The van der Waals surface area contributed by atoms with Crippen LogP contribution in [0.2, 0.25) is 0 Å². The Morgan fingerprint density at radius 1 is 1.18 bits per heavy atom. The summed E-state index contributed by atoms with van der Waals surface area (Å²) in [4.78, 5) is 24.6. The first-order chi connectivity index (χ1) is 10.6. The Bertz CT molecular complexity index is 867. The summed E-state index contributed by atoms with van der Waals surface area (Å²) in [6.45, 7) is 1.69. The standard InChI is InChI=1S/C14H13N5O2S/c1-8-12(22-18-15-8)14(21)17-16-13(20)10-7-19(2)11-6-4-3-5-9(10)11/h3-7H,1-2H3,(H,16,20)(H,17,21). The minimum absolute atomic E-state index is 0.373. The number of benzene rings is 1. The molecular formula is C14H13N5O2S. The molecule has 3 rings (SSSR count). The van der Waals surface area contributed by atoms with Crippen LogP contribution >= 0.6 is 11.5 Å². The smallest absolute Gasteiger partial charge is 0.283 e. The minimum atomic E-state index is -0.430. The Morgan fingerprint density at radius 3 is 2.64 bits per heavy atom. The molecule has 8 heteroatoms. The van der Waals surface area contributed by atoms with Crippen molar-refractivity contribution in [2.75, 3.05) is 0 Å². The van der Waals surface area contributed by atoms with Gasteiger partial charge in [-0.3, -0.25) is 20.4 Å². The van der Waals surface area contributed by atoms with Gasteiger partial charge in [-0.2, -0.15) is 0 Å². The number of aromatic nitrogens is 3. The molecule has 2 aromatic heterocycles. The third-order valence-electron chi connectivity index (χ3n) is 3.29. The number of nitrogens with one attached hydrogen (secondary N) is 2. The van der Waals surface area contributed by atoms with Crippen molar-refractivity contribution in [3.63, 3.8) is 0 Å². The number of carbonyl (C=O) groups excluding carboxylic acids is 2. The second-order valence-corrected chi connectivity index (χ2v) is 5.52. The van der Waals surface area contributed by atoms with Gasteiger partial charge in [0.05, 0.1) is 11.3 Å². The summed E-state index contributed by atoms with van der Waals surface area (Å²) in [5, 5.41) is 4.59. The molecule has 3 aromatic rings. The van der Waals surface area contributed by atoms with Crippen LogP contribution in [-0.4, -0.2) is 26.0 Å². The van der Waals surface area contributed by atoms with Crippen LogP contribution in [0.3, 0.4) is 0 Å². The lowest BCUT2D eigenvalue weighted by Gasteiger charge is -2.05.